The number of carbonyl (C=O) groups is 1. The summed E-state index contributed by atoms with van der Waals surface area (Å²) in [6.07, 6.45) is 1.74. The number of carbonyl (C=O) groups excluding carboxylic acids is 1. The molecule has 0 unspecified atom stereocenters. The van der Waals surface area contributed by atoms with Gasteiger partial charge in [0, 0.05) is 11.4 Å². The van der Waals surface area contributed by atoms with Crippen LogP contribution in [0.15, 0.2) is 48.5 Å². The molecule has 3 rings (SSSR count). The van der Waals surface area contributed by atoms with E-state index in [0.717, 1.165) is 45.4 Å². The zero-order valence-electron chi connectivity index (χ0n) is 10.4. The molecule has 1 nitrogen and oxygen atoms in total. The van der Waals surface area contributed by atoms with Crippen molar-refractivity contribution in [2.24, 2.45) is 0 Å². The van der Waals surface area contributed by atoms with Crippen molar-refractivity contribution >= 4 is 39.4 Å². The molecule has 3 aromatic carbocycles. The smallest absolute Gasteiger partial charge is 0.151 e. The Kier molecular flexibility index (Phi) is 3.22. The summed E-state index contributed by atoms with van der Waals surface area (Å²) in [7, 11) is 0. The molecule has 0 heterocycles. The van der Waals surface area contributed by atoms with Gasteiger partial charge in [-0.1, -0.05) is 42.5 Å². The highest BCUT2D eigenvalue weighted by Gasteiger charge is 2.10. The average molecular weight is 269 g/mol. The molecule has 0 aliphatic heterocycles. The first-order valence-corrected chi connectivity index (χ1v) is 6.83. The summed E-state index contributed by atoms with van der Waals surface area (Å²) in [6.45, 7) is 0. The van der Waals surface area contributed by atoms with E-state index in [4.69, 9.17) is 11.6 Å². The number of alkyl halides is 1. The van der Waals surface area contributed by atoms with Crippen LogP contribution in [-0.4, -0.2) is 12.2 Å². The molecule has 0 saturated carbocycles. The molecule has 0 spiro atoms. The van der Waals surface area contributed by atoms with Crippen molar-refractivity contribution in [1.29, 1.82) is 0 Å². The number of benzene rings is 3. The first-order valence-electron chi connectivity index (χ1n) is 6.29. The van der Waals surface area contributed by atoms with E-state index in [0.29, 0.717) is 5.88 Å². The molecule has 19 heavy (non-hydrogen) atoms. The second-order valence-electron chi connectivity index (χ2n) is 4.58. The third-order valence-electron chi connectivity index (χ3n) is 3.50. The molecular weight excluding hydrogens is 256 g/mol. The van der Waals surface area contributed by atoms with Crippen LogP contribution in [0.2, 0.25) is 0 Å². The SMILES string of the molecule is O=Cc1c2ccccc2cc2cccc(CCCl)c12. The van der Waals surface area contributed by atoms with Crippen molar-refractivity contribution in [2.75, 3.05) is 5.88 Å². The van der Waals surface area contributed by atoms with E-state index >= 15 is 0 Å². The number of rotatable bonds is 3. The molecule has 0 aliphatic rings. The molecule has 0 aliphatic carbocycles. The number of halogens is 1. The maximum Gasteiger partial charge on any atom is 0.151 e. The Bertz CT molecular complexity index is 762. The van der Waals surface area contributed by atoms with E-state index in [2.05, 4.69) is 6.07 Å². The molecule has 0 aromatic heterocycles. The third kappa shape index (κ3) is 2.00. The van der Waals surface area contributed by atoms with E-state index in [1.807, 2.05) is 42.5 Å². The molecule has 3 aromatic rings. The average Bonchev–Trinajstić information content (AvgIpc) is 2.45. The fourth-order valence-electron chi connectivity index (χ4n) is 2.67. The second-order valence-corrected chi connectivity index (χ2v) is 4.96. The lowest BCUT2D eigenvalue weighted by Crippen LogP contribution is -1.94. The van der Waals surface area contributed by atoms with Crippen LogP contribution in [0.4, 0.5) is 0 Å². The van der Waals surface area contributed by atoms with Crippen molar-refractivity contribution < 1.29 is 4.79 Å². The standard InChI is InChI=1S/C17H13ClO/c18-9-8-12-5-3-6-14-10-13-4-1-2-7-15(13)16(11-19)17(12)14/h1-7,10-11H,8-9H2. The highest BCUT2D eigenvalue weighted by molar-refractivity contribution is 6.18. The summed E-state index contributed by atoms with van der Waals surface area (Å²) in [5.41, 5.74) is 1.91. The Morgan fingerprint density at radius 3 is 2.58 bits per heavy atom. The fraction of sp³-hybridized carbons (Fsp3) is 0.118. The lowest BCUT2D eigenvalue weighted by atomic mass is 9.93. The summed E-state index contributed by atoms with van der Waals surface area (Å²) < 4.78 is 0. The summed E-state index contributed by atoms with van der Waals surface area (Å²) in [5.74, 6) is 0.560. The monoisotopic (exact) mass is 268 g/mol. The Balaban J connectivity index is 2.49. The summed E-state index contributed by atoms with van der Waals surface area (Å²) in [5, 5.41) is 4.24. The quantitative estimate of drug-likeness (QED) is 0.386. The molecule has 0 saturated heterocycles. The zero-order valence-corrected chi connectivity index (χ0v) is 11.2. The minimum Gasteiger partial charge on any atom is -0.298 e. The van der Waals surface area contributed by atoms with Crippen molar-refractivity contribution in [3.8, 4) is 0 Å². The third-order valence-corrected chi connectivity index (χ3v) is 3.68. The maximum atomic E-state index is 11.6. The Hall–Kier alpha value is -1.86. The van der Waals surface area contributed by atoms with E-state index < -0.39 is 0 Å². The molecule has 0 atom stereocenters. The van der Waals surface area contributed by atoms with Crippen LogP contribution in [0, 0.1) is 0 Å². The van der Waals surface area contributed by atoms with Gasteiger partial charge in [0.15, 0.2) is 6.29 Å². The van der Waals surface area contributed by atoms with Gasteiger partial charge in [0.25, 0.3) is 0 Å². The normalized spacial score (nSPS) is 11.0. The predicted octanol–water partition coefficient (Wildman–Crippen LogP) is 4.59. The van der Waals surface area contributed by atoms with Crippen LogP contribution in [0.3, 0.4) is 0 Å². The van der Waals surface area contributed by atoms with Crippen LogP contribution in [0.1, 0.15) is 15.9 Å². The van der Waals surface area contributed by atoms with Crippen LogP contribution < -0.4 is 0 Å². The predicted molar refractivity (Wildman–Crippen MR) is 81.3 cm³/mol. The molecule has 0 fully saturated rings. The van der Waals surface area contributed by atoms with Gasteiger partial charge in [0.2, 0.25) is 0 Å². The van der Waals surface area contributed by atoms with Crippen molar-refractivity contribution in [1.82, 2.24) is 0 Å². The highest BCUT2D eigenvalue weighted by atomic mass is 35.5. The van der Waals surface area contributed by atoms with Gasteiger partial charge in [-0.2, -0.15) is 0 Å². The van der Waals surface area contributed by atoms with Crippen LogP contribution in [0.25, 0.3) is 21.5 Å². The summed E-state index contributed by atoms with van der Waals surface area (Å²) in [6, 6.07) is 16.2. The van der Waals surface area contributed by atoms with Crippen molar-refractivity contribution in [3.05, 3.63) is 59.7 Å². The van der Waals surface area contributed by atoms with Crippen LogP contribution >= 0.6 is 11.6 Å². The van der Waals surface area contributed by atoms with Gasteiger partial charge in [0.1, 0.15) is 0 Å². The van der Waals surface area contributed by atoms with E-state index in [9.17, 15) is 4.79 Å². The Labute approximate surface area is 116 Å². The van der Waals surface area contributed by atoms with Gasteiger partial charge in [-0.15, -0.1) is 11.6 Å². The zero-order chi connectivity index (χ0) is 13.2. The summed E-state index contributed by atoms with van der Waals surface area (Å²) >= 11 is 5.86. The largest absolute Gasteiger partial charge is 0.298 e. The van der Waals surface area contributed by atoms with Gasteiger partial charge in [-0.3, -0.25) is 4.79 Å². The van der Waals surface area contributed by atoms with Gasteiger partial charge >= 0.3 is 0 Å². The van der Waals surface area contributed by atoms with Crippen molar-refractivity contribution in [2.45, 2.75) is 6.42 Å². The molecule has 0 N–H and O–H groups in total. The van der Waals surface area contributed by atoms with Crippen LogP contribution in [0.5, 0.6) is 0 Å². The Morgan fingerprint density at radius 1 is 1.00 bits per heavy atom. The lowest BCUT2D eigenvalue weighted by molar-refractivity contribution is 0.112. The first kappa shape index (κ1) is 12.2. The van der Waals surface area contributed by atoms with Crippen LogP contribution in [-0.2, 0) is 6.42 Å². The number of aryl methyl sites for hydroxylation is 1. The lowest BCUT2D eigenvalue weighted by Gasteiger charge is -2.10. The van der Waals surface area contributed by atoms with Gasteiger partial charge in [0.05, 0.1) is 0 Å². The highest BCUT2D eigenvalue weighted by Crippen LogP contribution is 2.30. The minimum atomic E-state index is 0.560. The van der Waals surface area contributed by atoms with E-state index in [-0.39, 0.29) is 0 Å². The number of hydrogen-bond acceptors (Lipinski definition) is 1. The molecule has 0 radical (unpaired) electrons. The molecular formula is C17H13ClO. The topological polar surface area (TPSA) is 17.1 Å². The van der Waals surface area contributed by atoms with E-state index in [1.165, 1.54) is 0 Å². The van der Waals surface area contributed by atoms with Gasteiger partial charge in [-0.05, 0) is 39.6 Å². The molecule has 0 bridgehead atoms. The number of aldehydes is 1. The minimum absolute atomic E-state index is 0.560. The van der Waals surface area contributed by atoms with E-state index in [1.54, 1.807) is 0 Å². The maximum absolute atomic E-state index is 11.6. The van der Waals surface area contributed by atoms with Crippen molar-refractivity contribution in [3.63, 3.8) is 0 Å². The Morgan fingerprint density at radius 2 is 1.79 bits per heavy atom. The van der Waals surface area contributed by atoms with Gasteiger partial charge in [-0.25, -0.2) is 0 Å². The second kappa shape index (κ2) is 5.02. The first-order chi connectivity index (χ1) is 9.35. The molecule has 0 amide bonds. The summed E-state index contributed by atoms with van der Waals surface area (Å²) in [4.78, 5) is 11.6. The fourth-order valence-corrected chi connectivity index (χ4v) is 2.88. The number of fused-ring (bicyclic) bond motifs is 2. The van der Waals surface area contributed by atoms with Gasteiger partial charge < -0.3 is 0 Å². The molecule has 94 valence electrons. The number of hydrogen-bond donors (Lipinski definition) is 0. The molecule has 2 heteroatoms.